The second-order valence-corrected chi connectivity index (χ2v) is 8.65. The Morgan fingerprint density at radius 1 is 1.00 bits per heavy atom. The number of aryl methyl sites for hydroxylation is 4. The van der Waals surface area contributed by atoms with Gasteiger partial charge in [0.15, 0.2) is 0 Å². The number of hydrogen-bond donors (Lipinski definition) is 1. The Kier molecular flexibility index (Phi) is 6.78. The molecule has 1 atom stereocenters. The molecule has 5 heteroatoms. The number of carbonyl (C=O) groups excluding carboxylic acids is 1. The van der Waals surface area contributed by atoms with Crippen LogP contribution in [0.4, 0.5) is 0 Å². The molecule has 33 heavy (non-hydrogen) atoms. The highest BCUT2D eigenvalue weighted by Crippen LogP contribution is 2.23. The summed E-state index contributed by atoms with van der Waals surface area (Å²) < 4.78 is 8.26. The maximum absolute atomic E-state index is 12.8. The van der Waals surface area contributed by atoms with Crippen LogP contribution in [0.2, 0.25) is 0 Å². The lowest BCUT2D eigenvalue weighted by atomic mass is 10.1. The van der Waals surface area contributed by atoms with Crippen LogP contribution in [0.25, 0.3) is 11.0 Å². The number of fused-ring (bicyclic) bond motifs is 1. The molecule has 0 saturated heterocycles. The van der Waals surface area contributed by atoms with Crippen LogP contribution in [0.15, 0.2) is 66.7 Å². The summed E-state index contributed by atoms with van der Waals surface area (Å²) in [5.74, 6) is 1.69. The Labute approximate surface area is 195 Å². The summed E-state index contributed by atoms with van der Waals surface area (Å²) in [5, 5.41) is 3.12. The number of amides is 1. The van der Waals surface area contributed by atoms with E-state index in [1.165, 1.54) is 5.56 Å². The van der Waals surface area contributed by atoms with Crippen LogP contribution in [-0.2, 0) is 6.54 Å². The maximum Gasteiger partial charge on any atom is 0.251 e. The average Bonchev–Trinajstić information content (AvgIpc) is 3.17. The molecule has 1 N–H and O–H groups in total. The van der Waals surface area contributed by atoms with Crippen molar-refractivity contribution in [2.24, 2.45) is 0 Å². The molecule has 170 valence electrons. The third kappa shape index (κ3) is 5.25. The van der Waals surface area contributed by atoms with E-state index in [2.05, 4.69) is 48.0 Å². The van der Waals surface area contributed by atoms with Crippen LogP contribution in [0.1, 0.15) is 52.3 Å². The first-order valence-electron chi connectivity index (χ1n) is 11.4. The topological polar surface area (TPSA) is 56.2 Å². The molecule has 0 aliphatic heterocycles. The number of carbonyl (C=O) groups is 1. The first-order chi connectivity index (χ1) is 15.9. The molecule has 0 spiro atoms. The number of para-hydroxylation sites is 2. The molecule has 4 aromatic rings. The number of imidazole rings is 1. The summed E-state index contributed by atoms with van der Waals surface area (Å²) in [6.45, 7) is 9.47. The number of hydrogen-bond acceptors (Lipinski definition) is 3. The zero-order valence-corrected chi connectivity index (χ0v) is 19.8. The van der Waals surface area contributed by atoms with Gasteiger partial charge in [-0.15, -0.1) is 0 Å². The number of ether oxygens (including phenoxy) is 1. The van der Waals surface area contributed by atoms with Crippen molar-refractivity contribution in [1.29, 1.82) is 0 Å². The largest absolute Gasteiger partial charge is 0.493 e. The fourth-order valence-electron chi connectivity index (χ4n) is 4.06. The highest BCUT2D eigenvalue weighted by Gasteiger charge is 2.19. The van der Waals surface area contributed by atoms with E-state index in [9.17, 15) is 4.79 Å². The van der Waals surface area contributed by atoms with Crippen LogP contribution in [0.3, 0.4) is 0 Å². The molecule has 1 heterocycles. The highest BCUT2D eigenvalue weighted by molar-refractivity contribution is 5.94. The van der Waals surface area contributed by atoms with E-state index < -0.39 is 0 Å². The molecule has 0 aliphatic carbocycles. The summed E-state index contributed by atoms with van der Waals surface area (Å²) in [5.41, 5.74) is 6.05. The van der Waals surface area contributed by atoms with Gasteiger partial charge in [0, 0.05) is 12.1 Å². The molecule has 0 aliphatic rings. The van der Waals surface area contributed by atoms with Gasteiger partial charge in [0.1, 0.15) is 11.6 Å². The summed E-state index contributed by atoms with van der Waals surface area (Å²) >= 11 is 0. The molecule has 5 nitrogen and oxygen atoms in total. The second kappa shape index (κ2) is 9.90. The third-order valence-electron chi connectivity index (χ3n) is 5.83. The van der Waals surface area contributed by atoms with E-state index >= 15 is 0 Å². The highest BCUT2D eigenvalue weighted by atomic mass is 16.5. The maximum atomic E-state index is 12.8. The van der Waals surface area contributed by atoms with Crippen LogP contribution >= 0.6 is 0 Å². The lowest BCUT2D eigenvalue weighted by molar-refractivity contribution is 0.0937. The van der Waals surface area contributed by atoms with Gasteiger partial charge in [-0.2, -0.15) is 0 Å². The van der Waals surface area contributed by atoms with E-state index in [-0.39, 0.29) is 11.9 Å². The van der Waals surface area contributed by atoms with E-state index in [1.54, 1.807) is 0 Å². The Morgan fingerprint density at radius 3 is 2.61 bits per heavy atom. The fourth-order valence-corrected chi connectivity index (χ4v) is 4.06. The Balaban J connectivity index is 1.49. The van der Waals surface area contributed by atoms with Crippen molar-refractivity contribution in [3.8, 4) is 5.75 Å². The molecule has 0 bridgehead atoms. The smallest absolute Gasteiger partial charge is 0.251 e. The molecule has 0 radical (unpaired) electrons. The molecular weight excluding hydrogens is 410 g/mol. The predicted octanol–water partition coefficient (Wildman–Crippen LogP) is 5.92. The number of nitrogens with zero attached hydrogens (tertiary/aromatic N) is 2. The van der Waals surface area contributed by atoms with Gasteiger partial charge in [0.05, 0.1) is 23.7 Å². The van der Waals surface area contributed by atoms with Gasteiger partial charge in [-0.3, -0.25) is 4.79 Å². The van der Waals surface area contributed by atoms with Gasteiger partial charge in [-0.25, -0.2) is 4.98 Å². The molecule has 1 unspecified atom stereocenters. The first-order valence-corrected chi connectivity index (χ1v) is 11.4. The minimum Gasteiger partial charge on any atom is -0.493 e. The number of nitrogens with one attached hydrogen (secondary N) is 1. The van der Waals surface area contributed by atoms with Crippen LogP contribution < -0.4 is 10.1 Å². The lowest BCUT2D eigenvalue weighted by Crippen LogP contribution is -2.29. The SMILES string of the molecule is Cc1cccc(C(=O)NC(C)c2nc3ccccc3n2CCCOc2cc(C)ccc2C)c1. The Bertz CT molecular complexity index is 1280. The normalized spacial score (nSPS) is 12.0. The van der Waals surface area contributed by atoms with Crippen molar-refractivity contribution in [3.05, 3.63) is 94.8 Å². The average molecular weight is 442 g/mol. The molecule has 1 aromatic heterocycles. The Hall–Kier alpha value is -3.60. The number of aromatic nitrogens is 2. The first kappa shape index (κ1) is 22.6. The zero-order valence-electron chi connectivity index (χ0n) is 19.8. The van der Waals surface area contributed by atoms with E-state index in [4.69, 9.17) is 9.72 Å². The lowest BCUT2D eigenvalue weighted by Gasteiger charge is -2.17. The Morgan fingerprint density at radius 2 is 1.79 bits per heavy atom. The standard InChI is InChI=1S/C28H31N3O2/c1-19-9-7-10-23(17-19)28(32)29-22(4)27-30-24-11-5-6-12-25(24)31(27)15-8-16-33-26-18-20(2)13-14-21(26)3/h5-7,9-14,17-18,22H,8,15-16H2,1-4H3,(H,29,32). The third-order valence-corrected chi connectivity index (χ3v) is 5.83. The van der Waals surface area contributed by atoms with Crippen LogP contribution in [0, 0.1) is 20.8 Å². The summed E-state index contributed by atoms with van der Waals surface area (Å²) in [4.78, 5) is 17.7. The van der Waals surface area contributed by atoms with Crippen molar-refractivity contribution in [2.75, 3.05) is 6.61 Å². The van der Waals surface area contributed by atoms with Crippen LogP contribution in [-0.4, -0.2) is 22.1 Å². The van der Waals surface area contributed by atoms with E-state index in [0.717, 1.165) is 46.7 Å². The van der Waals surface area contributed by atoms with Gasteiger partial charge in [-0.1, -0.05) is 42.0 Å². The van der Waals surface area contributed by atoms with E-state index in [1.807, 2.05) is 56.3 Å². The summed E-state index contributed by atoms with van der Waals surface area (Å²) in [6, 6.07) is 21.8. The van der Waals surface area contributed by atoms with Gasteiger partial charge in [0.25, 0.3) is 5.91 Å². The molecule has 3 aromatic carbocycles. The van der Waals surface area contributed by atoms with Crippen molar-refractivity contribution in [3.63, 3.8) is 0 Å². The van der Waals surface area contributed by atoms with Crippen molar-refractivity contribution >= 4 is 16.9 Å². The minimum absolute atomic E-state index is 0.0944. The number of rotatable bonds is 8. The van der Waals surface area contributed by atoms with Crippen molar-refractivity contribution in [2.45, 2.75) is 46.7 Å². The molecule has 1 amide bonds. The summed E-state index contributed by atoms with van der Waals surface area (Å²) in [7, 11) is 0. The predicted molar refractivity (Wildman–Crippen MR) is 133 cm³/mol. The number of benzene rings is 3. The van der Waals surface area contributed by atoms with Gasteiger partial charge >= 0.3 is 0 Å². The fraction of sp³-hybridized carbons (Fsp3) is 0.286. The monoisotopic (exact) mass is 441 g/mol. The molecule has 4 rings (SSSR count). The second-order valence-electron chi connectivity index (χ2n) is 8.65. The molecule has 0 saturated carbocycles. The van der Waals surface area contributed by atoms with Crippen LogP contribution in [0.5, 0.6) is 5.75 Å². The van der Waals surface area contributed by atoms with Gasteiger partial charge in [0.2, 0.25) is 0 Å². The van der Waals surface area contributed by atoms with Crippen molar-refractivity contribution in [1.82, 2.24) is 14.9 Å². The molecule has 0 fully saturated rings. The quantitative estimate of drug-likeness (QED) is 0.345. The van der Waals surface area contributed by atoms with Gasteiger partial charge < -0.3 is 14.6 Å². The van der Waals surface area contributed by atoms with Crippen molar-refractivity contribution < 1.29 is 9.53 Å². The van der Waals surface area contributed by atoms with Gasteiger partial charge in [-0.05, 0) is 75.6 Å². The zero-order chi connectivity index (χ0) is 23.4. The van der Waals surface area contributed by atoms with E-state index in [0.29, 0.717) is 12.2 Å². The molecular formula is C28H31N3O2. The minimum atomic E-state index is -0.231. The summed E-state index contributed by atoms with van der Waals surface area (Å²) in [6.07, 6.45) is 0.833.